The molecule has 1 fully saturated rings. The first kappa shape index (κ1) is 44.5. The summed E-state index contributed by atoms with van der Waals surface area (Å²) in [5.74, 6) is 2.37. The molecule has 0 aromatic heterocycles. The van der Waals surface area contributed by atoms with Gasteiger partial charge < -0.3 is 43.6 Å². The molecule has 15 heteroatoms. The van der Waals surface area contributed by atoms with Crippen LogP contribution in [0.25, 0.3) is 11.1 Å². The Bertz CT molecular complexity index is 2530. The molecule has 0 saturated carbocycles. The second kappa shape index (κ2) is 17.6. The number of thioether (sulfide) groups is 1. The molecule has 2 N–H and O–H groups in total. The van der Waals surface area contributed by atoms with E-state index in [1.54, 1.807) is 53.7 Å². The SMILES string of the molecule is COCOc1c(OC)c(C)cc2c1[C@@H]1C3Cc4c(O)c(C)c5c(c4[C@H](COC(=O)[C@@H](CSCC4c6ccccc6-c6ccccc64)NC(=O)OC(C)(C)C)N3[C@@H](C#N)[C@@H](C2)N1C)OCO5. The van der Waals surface area contributed by atoms with Crippen molar-refractivity contribution in [1.82, 2.24) is 15.1 Å². The van der Waals surface area contributed by atoms with E-state index in [4.69, 9.17) is 33.2 Å². The second-order valence-corrected chi connectivity index (χ2v) is 19.5. The van der Waals surface area contributed by atoms with Crippen molar-refractivity contribution >= 4 is 23.8 Å². The number of hydrogen-bond acceptors (Lipinski definition) is 14. The van der Waals surface area contributed by atoms with Crippen molar-refractivity contribution in [3.05, 3.63) is 99.1 Å². The lowest BCUT2D eigenvalue weighted by Crippen LogP contribution is -2.68. The van der Waals surface area contributed by atoms with Crippen molar-refractivity contribution in [2.24, 2.45) is 0 Å². The van der Waals surface area contributed by atoms with Gasteiger partial charge in [0, 0.05) is 58.9 Å². The zero-order valence-corrected chi connectivity index (χ0v) is 38.9. The van der Waals surface area contributed by atoms with Crippen molar-refractivity contribution in [1.29, 1.82) is 5.26 Å². The van der Waals surface area contributed by atoms with Gasteiger partial charge in [-0.25, -0.2) is 9.59 Å². The van der Waals surface area contributed by atoms with Crippen molar-refractivity contribution in [3.63, 3.8) is 0 Å². The van der Waals surface area contributed by atoms with Crippen LogP contribution in [0.4, 0.5) is 4.79 Å². The Kier molecular flexibility index (Phi) is 12.1. The highest BCUT2D eigenvalue weighted by Gasteiger charge is 2.57. The molecule has 1 aliphatic carbocycles. The van der Waals surface area contributed by atoms with Gasteiger partial charge in [0.25, 0.3) is 0 Å². The van der Waals surface area contributed by atoms with Crippen LogP contribution in [-0.2, 0) is 31.8 Å². The number of phenolic OH excluding ortho intramolecular Hbond substituents is 1. The highest BCUT2D eigenvalue weighted by Crippen LogP contribution is 2.58. The van der Waals surface area contributed by atoms with E-state index in [9.17, 15) is 20.0 Å². The molecule has 4 heterocycles. The first-order valence-corrected chi connectivity index (χ1v) is 23.2. The quantitative estimate of drug-likeness (QED) is 0.106. The Morgan fingerprint density at radius 3 is 2.34 bits per heavy atom. The van der Waals surface area contributed by atoms with E-state index in [-0.39, 0.29) is 49.7 Å². The molecular formula is C50H56N4O10S. The average molecular weight is 905 g/mol. The summed E-state index contributed by atoms with van der Waals surface area (Å²) in [6.45, 7) is 8.77. The summed E-state index contributed by atoms with van der Waals surface area (Å²) >= 11 is 1.55. The number of nitrogens with one attached hydrogen (secondary N) is 1. The fourth-order valence-corrected chi connectivity index (χ4v) is 12.1. The van der Waals surface area contributed by atoms with E-state index < -0.39 is 41.8 Å². The third-order valence-corrected chi connectivity index (χ3v) is 14.6. The molecule has 4 aliphatic heterocycles. The summed E-state index contributed by atoms with van der Waals surface area (Å²) in [4.78, 5) is 32.3. The largest absolute Gasteiger partial charge is 0.507 e. The predicted molar refractivity (Wildman–Crippen MR) is 244 cm³/mol. The zero-order chi connectivity index (χ0) is 45.9. The molecule has 1 saturated heterocycles. The molecule has 342 valence electrons. The highest BCUT2D eigenvalue weighted by atomic mass is 32.2. The number of ether oxygens (including phenoxy) is 7. The number of fused-ring (bicyclic) bond motifs is 12. The summed E-state index contributed by atoms with van der Waals surface area (Å²) < 4.78 is 41.8. The van der Waals surface area contributed by atoms with E-state index in [2.05, 4.69) is 51.5 Å². The predicted octanol–water partition coefficient (Wildman–Crippen LogP) is 7.48. The molecule has 5 aliphatic rings. The molecule has 2 bridgehead atoms. The molecule has 14 nitrogen and oxygen atoms in total. The summed E-state index contributed by atoms with van der Waals surface area (Å²) in [5, 5.41) is 26.0. The van der Waals surface area contributed by atoms with Crippen molar-refractivity contribution in [2.75, 3.05) is 53.0 Å². The molecule has 0 spiro atoms. The van der Waals surface area contributed by atoms with Gasteiger partial charge in [0.1, 0.15) is 30.0 Å². The number of amides is 1. The Morgan fingerprint density at radius 1 is 0.985 bits per heavy atom. The monoisotopic (exact) mass is 904 g/mol. The molecule has 1 amide bonds. The van der Waals surface area contributed by atoms with Crippen molar-refractivity contribution < 1.29 is 47.9 Å². The minimum absolute atomic E-state index is 0.00971. The number of nitriles is 1. The van der Waals surface area contributed by atoms with Crippen LogP contribution >= 0.6 is 11.8 Å². The fourth-order valence-electron chi connectivity index (χ4n) is 10.9. The Hall–Kier alpha value is -5.66. The summed E-state index contributed by atoms with van der Waals surface area (Å²) in [6, 6.07) is 17.9. The van der Waals surface area contributed by atoms with Gasteiger partial charge in [-0.05, 0) is 87.9 Å². The topological polar surface area (TPSA) is 161 Å². The summed E-state index contributed by atoms with van der Waals surface area (Å²) in [6.07, 6.45) is 0.120. The van der Waals surface area contributed by atoms with Gasteiger partial charge in [-0.3, -0.25) is 9.80 Å². The van der Waals surface area contributed by atoms with Crippen LogP contribution in [0.15, 0.2) is 54.6 Å². The van der Waals surface area contributed by atoms with Crippen LogP contribution in [0.2, 0.25) is 0 Å². The zero-order valence-electron chi connectivity index (χ0n) is 38.1. The standard InChI is InChI=1S/C50H56N4O10S/c1-26-17-28-18-36-38(20-51)54-37(42(53(36)6)40(28)46(44(26)59-8)61-24-58-7)19-33-41(47-45(62-25-63-47)27(2)43(33)55)39(54)21-60-48(56)35(52-49(57)64-50(3,4)5)23-65-22-34-31-15-11-9-13-29(31)30-14-10-12-16-32(30)34/h9-17,34-39,42,55H,18-19,21-25H2,1-8H3,(H,52,57)/t35-,36-,37?,38+,39+,42+/m1/s1. The maximum absolute atomic E-state index is 14.6. The number of aromatic hydroxyl groups is 1. The molecule has 4 aromatic carbocycles. The number of piperazine rings is 1. The van der Waals surface area contributed by atoms with Crippen LogP contribution in [0.1, 0.15) is 83.3 Å². The van der Waals surface area contributed by atoms with E-state index in [0.717, 1.165) is 16.7 Å². The maximum atomic E-state index is 14.6. The van der Waals surface area contributed by atoms with Gasteiger partial charge in [0.05, 0.1) is 25.3 Å². The lowest BCUT2D eigenvalue weighted by Gasteiger charge is -2.59. The van der Waals surface area contributed by atoms with Crippen molar-refractivity contribution in [3.8, 4) is 45.9 Å². The minimum Gasteiger partial charge on any atom is -0.507 e. The number of carbonyl (C=O) groups excluding carboxylic acids is 2. The van der Waals surface area contributed by atoms with Crippen LogP contribution in [0, 0.1) is 25.2 Å². The molecule has 65 heavy (non-hydrogen) atoms. The number of alkyl carbamates (subject to hydrolysis) is 1. The Balaban J connectivity index is 1.07. The lowest BCUT2D eigenvalue weighted by molar-refractivity contribution is -0.151. The van der Waals surface area contributed by atoms with Crippen LogP contribution in [0.5, 0.6) is 28.7 Å². The number of rotatable bonds is 12. The normalized spacial score (nSPS) is 22.0. The second-order valence-electron chi connectivity index (χ2n) is 18.4. The van der Waals surface area contributed by atoms with Crippen LogP contribution in [-0.4, -0.2) is 110 Å². The average Bonchev–Trinajstić information content (AvgIpc) is 3.89. The van der Waals surface area contributed by atoms with E-state index in [0.29, 0.717) is 58.3 Å². The van der Waals surface area contributed by atoms with E-state index in [1.165, 1.54) is 22.3 Å². The van der Waals surface area contributed by atoms with E-state index in [1.807, 2.05) is 38.2 Å². The van der Waals surface area contributed by atoms with Gasteiger partial charge in [-0.2, -0.15) is 17.0 Å². The van der Waals surface area contributed by atoms with Gasteiger partial charge in [-0.1, -0.05) is 54.6 Å². The third kappa shape index (κ3) is 7.77. The molecule has 0 radical (unpaired) electrons. The maximum Gasteiger partial charge on any atom is 0.408 e. The molecule has 9 rings (SSSR count). The summed E-state index contributed by atoms with van der Waals surface area (Å²) in [7, 11) is 5.20. The Morgan fingerprint density at radius 2 is 1.68 bits per heavy atom. The first-order valence-electron chi connectivity index (χ1n) is 22.0. The molecule has 6 atom stereocenters. The first-order chi connectivity index (χ1) is 31.3. The van der Waals surface area contributed by atoms with Crippen molar-refractivity contribution in [2.45, 2.75) is 95.2 Å². The van der Waals surface area contributed by atoms with Gasteiger partial charge in [0.2, 0.25) is 6.79 Å². The number of methoxy groups -OCH3 is 2. The number of esters is 1. The molecule has 4 aromatic rings. The highest BCUT2D eigenvalue weighted by molar-refractivity contribution is 7.99. The molecular weight excluding hydrogens is 849 g/mol. The Labute approximate surface area is 384 Å². The number of nitrogens with zero attached hydrogens (tertiary/aromatic N) is 3. The number of likely N-dealkylation sites (N-methyl/N-ethyl adjacent to an activating group) is 1. The van der Waals surface area contributed by atoms with Gasteiger partial charge >= 0.3 is 12.1 Å². The number of hydrogen-bond donors (Lipinski definition) is 2. The summed E-state index contributed by atoms with van der Waals surface area (Å²) in [5.41, 5.74) is 8.66. The minimum atomic E-state index is -1.08. The van der Waals surface area contributed by atoms with Crippen LogP contribution < -0.4 is 24.3 Å². The molecule has 1 unspecified atom stereocenters. The van der Waals surface area contributed by atoms with Gasteiger partial charge in [0.15, 0.2) is 29.8 Å². The van der Waals surface area contributed by atoms with E-state index >= 15 is 0 Å². The number of aryl methyl sites for hydroxylation is 1. The number of phenols is 1. The number of carbonyl (C=O) groups is 2. The van der Waals surface area contributed by atoms with Crippen LogP contribution in [0.3, 0.4) is 0 Å². The smallest absolute Gasteiger partial charge is 0.408 e. The fraction of sp³-hybridized carbons (Fsp3) is 0.460. The third-order valence-electron chi connectivity index (χ3n) is 13.5. The lowest BCUT2D eigenvalue weighted by atomic mass is 9.71. The number of benzene rings is 4. The van der Waals surface area contributed by atoms with Gasteiger partial charge in [-0.15, -0.1) is 0 Å².